The first kappa shape index (κ1) is 26.8. The van der Waals surface area contributed by atoms with Crippen molar-refractivity contribution in [1.82, 2.24) is 0 Å². The Morgan fingerprint density at radius 2 is 1.57 bits per heavy atom. The van der Waals surface area contributed by atoms with E-state index in [9.17, 15) is 26.5 Å². The molecule has 0 saturated carbocycles. The number of hydrogen-bond acceptors (Lipinski definition) is 7. The van der Waals surface area contributed by atoms with Gasteiger partial charge in [0.05, 0.1) is 21.2 Å². The molecule has 0 aliphatic rings. The number of anilines is 1. The predicted molar refractivity (Wildman–Crippen MR) is 126 cm³/mol. The van der Waals surface area contributed by atoms with Gasteiger partial charge in [-0.05, 0) is 54.3 Å². The Morgan fingerprint density at radius 1 is 0.857 bits per heavy atom. The van der Waals surface area contributed by atoms with Crippen LogP contribution in [0.3, 0.4) is 0 Å². The number of nitrogens with zero attached hydrogens (tertiary/aromatic N) is 2. The van der Waals surface area contributed by atoms with Gasteiger partial charge in [0.1, 0.15) is 0 Å². The van der Waals surface area contributed by atoms with Crippen molar-refractivity contribution in [2.75, 3.05) is 4.72 Å². The van der Waals surface area contributed by atoms with Crippen LogP contribution in [-0.4, -0.2) is 21.4 Å². The molecule has 0 bridgehead atoms. The third kappa shape index (κ3) is 6.07. The smallest absolute Gasteiger partial charge is 0.871 e. The van der Waals surface area contributed by atoms with E-state index in [4.69, 9.17) is 0 Å². The third-order valence-corrected chi connectivity index (χ3v) is 7.35. The van der Waals surface area contributed by atoms with Crippen LogP contribution in [-0.2, 0) is 20.1 Å². The molecule has 0 fully saturated rings. The summed E-state index contributed by atoms with van der Waals surface area (Å²) in [5.74, 6) is -0.457. The Kier molecular flexibility index (Phi) is 8.00. The average molecular weight is 520 g/mol. The number of benzene rings is 4. The van der Waals surface area contributed by atoms with Crippen LogP contribution in [0.5, 0.6) is 5.75 Å². The normalized spacial score (nSPS) is 11.9. The van der Waals surface area contributed by atoms with E-state index in [1.54, 1.807) is 49.4 Å². The first-order chi connectivity index (χ1) is 16.0. The van der Waals surface area contributed by atoms with Crippen molar-refractivity contribution in [3.63, 3.8) is 0 Å². The van der Waals surface area contributed by atoms with Gasteiger partial charge in [0.25, 0.3) is 20.1 Å². The summed E-state index contributed by atoms with van der Waals surface area (Å²) in [6.45, 7) is 1.65. The van der Waals surface area contributed by atoms with Crippen LogP contribution in [0.4, 0.5) is 17.1 Å². The van der Waals surface area contributed by atoms with Gasteiger partial charge in [0.2, 0.25) is 0 Å². The van der Waals surface area contributed by atoms with E-state index in [0.717, 1.165) is 6.07 Å². The van der Waals surface area contributed by atoms with Crippen molar-refractivity contribution in [2.24, 2.45) is 10.2 Å². The molecule has 9 nitrogen and oxygen atoms in total. The maximum Gasteiger partial charge on any atom is 1.00 e. The van der Waals surface area contributed by atoms with Gasteiger partial charge in [-0.2, -0.15) is 18.6 Å². The molecule has 4 rings (SSSR count). The van der Waals surface area contributed by atoms with Gasteiger partial charge in [0, 0.05) is 11.1 Å². The Labute approximate surface area is 224 Å². The topological polar surface area (TPSA) is 148 Å². The van der Waals surface area contributed by atoms with E-state index in [0.29, 0.717) is 22.0 Å². The van der Waals surface area contributed by atoms with E-state index in [1.807, 2.05) is 0 Å². The number of rotatable bonds is 6. The zero-order valence-electron chi connectivity index (χ0n) is 18.7. The Bertz CT molecular complexity index is 1640. The quantitative estimate of drug-likeness (QED) is 0.225. The molecule has 2 N–H and O–H groups in total. The molecule has 0 spiro atoms. The molecule has 0 atom stereocenters. The fraction of sp³-hybridized carbons (Fsp3) is 0.0435. The van der Waals surface area contributed by atoms with Gasteiger partial charge in [-0.1, -0.05) is 48.2 Å². The molecule has 35 heavy (non-hydrogen) atoms. The maximum absolute atomic E-state index is 12.9. The van der Waals surface area contributed by atoms with Crippen molar-refractivity contribution in [3.05, 3.63) is 84.4 Å². The van der Waals surface area contributed by atoms with Gasteiger partial charge in [0.15, 0.2) is 0 Å². The van der Waals surface area contributed by atoms with Gasteiger partial charge >= 0.3 is 29.6 Å². The summed E-state index contributed by atoms with van der Waals surface area (Å²) >= 11 is 0. The van der Waals surface area contributed by atoms with Gasteiger partial charge in [-0.25, -0.2) is 8.42 Å². The minimum absolute atomic E-state index is 0. The molecule has 0 radical (unpaired) electrons. The van der Waals surface area contributed by atoms with E-state index in [1.165, 1.54) is 30.3 Å². The van der Waals surface area contributed by atoms with Crippen LogP contribution < -0.4 is 39.4 Å². The van der Waals surface area contributed by atoms with Crippen molar-refractivity contribution in [1.29, 1.82) is 0 Å². The summed E-state index contributed by atoms with van der Waals surface area (Å²) in [7, 11) is -8.32. The average Bonchev–Trinajstić information content (AvgIpc) is 2.78. The van der Waals surface area contributed by atoms with Crippen LogP contribution in [0, 0.1) is 6.92 Å². The minimum atomic E-state index is -4.41. The molecule has 12 heteroatoms. The molecular weight excluding hydrogens is 501 g/mol. The summed E-state index contributed by atoms with van der Waals surface area (Å²) in [4.78, 5) is -0.313. The van der Waals surface area contributed by atoms with Crippen LogP contribution in [0.15, 0.2) is 98.9 Å². The molecule has 0 aromatic heterocycles. The van der Waals surface area contributed by atoms with Gasteiger partial charge in [-0.3, -0.25) is 9.27 Å². The molecule has 4 aromatic carbocycles. The second-order valence-electron chi connectivity index (χ2n) is 7.39. The summed E-state index contributed by atoms with van der Waals surface area (Å²) < 4.78 is 60.3. The van der Waals surface area contributed by atoms with Crippen molar-refractivity contribution < 1.29 is 56.1 Å². The number of nitrogens with one attached hydrogen (secondary N) is 1. The summed E-state index contributed by atoms with van der Waals surface area (Å²) in [6, 6.07) is 19.3. The zero-order valence-corrected chi connectivity index (χ0v) is 22.3. The molecule has 4 aromatic rings. The minimum Gasteiger partial charge on any atom is -0.871 e. The van der Waals surface area contributed by atoms with Gasteiger partial charge in [-0.15, -0.1) is 0 Å². The third-order valence-electron chi connectivity index (χ3n) is 4.98. The number of fused-ring (bicyclic) bond motifs is 1. The fourth-order valence-electron chi connectivity index (χ4n) is 3.30. The summed E-state index contributed by atoms with van der Waals surface area (Å²) in [5.41, 5.74) is 1.05. The Hall–Kier alpha value is -2.80. The number of azo groups is 1. The molecule has 0 amide bonds. The Morgan fingerprint density at radius 3 is 2.26 bits per heavy atom. The predicted octanol–water partition coefficient (Wildman–Crippen LogP) is 1.69. The number of para-hydroxylation sites is 1. The first-order valence-corrected chi connectivity index (χ1v) is 12.8. The Balaban J connectivity index is 0.00000342. The molecular formula is C23H18N3NaO6S2. The SMILES string of the molecule is Cc1ccc(N=Nc2c([O-])ccc3cc(S(=O)(=O)O)ccc23)cc1S(=O)(=O)Nc1ccccc1.[Na+]. The monoisotopic (exact) mass is 519 g/mol. The molecule has 0 saturated heterocycles. The maximum atomic E-state index is 12.9. The van der Waals surface area contributed by atoms with E-state index < -0.39 is 25.9 Å². The number of aryl methyl sites for hydroxylation is 1. The van der Waals surface area contributed by atoms with Crippen LogP contribution in [0.25, 0.3) is 10.8 Å². The molecule has 0 aliphatic carbocycles. The van der Waals surface area contributed by atoms with Crippen LogP contribution >= 0.6 is 0 Å². The molecule has 0 heterocycles. The van der Waals surface area contributed by atoms with Gasteiger partial charge < -0.3 is 5.11 Å². The van der Waals surface area contributed by atoms with E-state index >= 15 is 0 Å². The van der Waals surface area contributed by atoms with E-state index in [2.05, 4.69) is 15.0 Å². The summed E-state index contributed by atoms with van der Waals surface area (Å²) in [5, 5.41) is 21.1. The largest absolute Gasteiger partial charge is 1.00 e. The molecule has 0 aliphatic heterocycles. The second kappa shape index (κ2) is 10.4. The zero-order chi connectivity index (χ0) is 24.5. The van der Waals surface area contributed by atoms with E-state index in [-0.39, 0.29) is 50.7 Å². The fourth-order valence-corrected chi connectivity index (χ4v) is 5.14. The molecule has 0 unspecified atom stereocenters. The van der Waals surface area contributed by atoms with Crippen molar-refractivity contribution in [2.45, 2.75) is 16.7 Å². The first-order valence-electron chi connectivity index (χ1n) is 9.86. The van der Waals surface area contributed by atoms with Crippen molar-refractivity contribution in [3.8, 4) is 5.75 Å². The second-order valence-corrected chi connectivity index (χ2v) is 10.5. The summed E-state index contributed by atoms with van der Waals surface area (Å²) in [6.07, 6.45) is 0. The standard InChI is InChI=1S/C23H19N3O6S2.Na/c1-15-7-9-18(14-22(15)33(28,29)26-17-5-3-2-4-6-17)24-25-23-20-11-10-19(34(30,31)32)13-16(20)8-12-21(23)27;/h2-14,26-27H,1H3,(H,30,31,32);/q;+1/p-1. The van der Waals surface area contributed by atoms with Crippen molar-refractivity contribution >= 4 is 48.0 Å². The van der Waals surface area contributed by atoms with Crippen LogP contribution in [0.1, 0.15) is 5.56 Å². The van der Waals surface area contributed by atoms with Crippen LogP contribution in [0.2, 0.25) is 0 Å². The number of sulfonamides is 1. The number of hydrogen-bond donors (Lipinski definition) is 2. The molecule has 174 valence electrons.